The molecule has 0 radical (unpaired) electrons. The molecule has 1 N–H and O–H groups in total. The highest BCUT2D eigenvalue weighted by molar-refractivity contribution is 9.10. The molecule has 0 unspecified atom stereocenters. The second kappa shape index (κ2) is 9.09. The fourth-order valence-electron chi connectivity index (χ4n) is 2.47. The van der Waals surface area contributed by atoms with Gasteiger partial charge < -0.3 is 14.5 Å². The van der Waals surface area contributed by atoms with Crippen molar-refractivity contribution in [2.45, 2.75) is 0 Å². The van der Waals surface area contributed by atoms with Crippen molar-refractivity contribution in [2.24, 2.45) is 0 Å². The molecule has 0 aliphatic carbocycles. The second-order valence-electron chi connectivity index (χ2n) is 5.25. The monoisotopic (exact) mass is 444 g/mol. The van der Waals surface area contributed by atoms with Gasteiger partial charge in [-0.3, -0.25) is 0 Å². The van der Waals surface area contributed by atoms with Gasteiger partial charge >= 0.3 is 0 Å². The molecule has 8 heteroatoms. The van der Waals surface area contributed by atoms with Crippen LogP contribution in [0, 0.1) is 22.7 Å². The van der Waals surface area contributed by atoms with E-state index in [0.717, 1.165) is 16.6 Å². The average molecular weight is 446 g/mol. The van der Waals surface area contributed by atoms with E-state index < -0.39 is 0 Å². The maximum atomic E-state index is 9.55. The number of H-pyrrole nitrogens is 1. The van der Waals surface area contributed by atoms with E-state index in [1.165, 1.54) is 7.11 Å². The molecule has 1 heterocycles. The van der Waals surface area contributed by atoms with Crippen molar-refractivity contribution in [3.63, 3.8) is 0 Å². The summed E-state index contributed by atoms with van der Waals surface area (Å²) in [5.74, 6) is 1.39. The quantitative estimate of drug-likeness (QED) is 0.573. The number of hydrogen-bond acceptors (Lipinski definition) is 5. The van der Waals surface area contributed by atoms with Gasteiger partial charge in [-0.15, -0.1) is 12.4 Å². The molecule has 0 fully saturated rings. The number of fused-ring (bicyclic) bond motifs is 1. The van der Waals surface area contributed by atoms with Crippen LogP contribution in [0.4, 0.5) is 0 Å². The largest absolute Gasteiger partial charge is 0.493 e. The Balaban J connectivity index is 0.00000261. The third-order valence-corrected chi connectivity index (χ3v) is 4.20. The molecule has 1 aromatic heterocycles. The van der Waals surface area contributed by atoms with Crippen LogP contribution in [0.3, 0.4) is 0 Å². The Labute approximate surface area is 170 Å². The highest BCUT2D eigenvalue weighted by atomic mass is 79.9. The Morgan fingerprint density at radius 2 is 2.07 bits per heavy atom. The molecule has 2 aromatic carbocycles. The van der Waals surface area contributed by atoms with Crippen molar-refractivity contribution >= 4 is 51.0 Å². The zero-order valence-electron chi connectivity index (χ0n) is 14.2. The van der Waals surface area contributed by atoms with E-state index in [1.807, 2.05) is 30.3 Å². The molecule has 136 valence electrons. The van der Waals surface area contributed by atoms with Gasteiger partial charge in [-0.25, -0.2) is 4.98 Å². The first kappa shape index (κ1) is 20.3. The summed E-state index contributed by atoms with van der Waals surface area (Å²) in [5, 5.41) is 18.2. The minimum atomic E-state index is -0.0907. The number of para-hydroxylation sites is 2. The Hall–Kier alpha value is -3.00. The summed E-state index contributed by atoms with van der Waals surface area (Å²) >= 11 is 3.42. The fraction of sp³-hybridized carbons (Fsp3) is 0.105. The highest BCUT2D eigenvalue weighted by Gasteiger charge is 2.13. The molecule has 0 saturated heterocycles. The first-order valence-corrected chi connectivity index (χ1v) is 8.39. The van der Waals surface area contributed by atoms with Gasteiger partial charge in [0, 0.05) is 0 Å². The minimum Gasteiger partial charge on any atom is -0.493 e. The molecule has 0 bridgehead atoms. The smallest absolute Gasteiger partial charge is 0.176 e. The van der Waals surface area contributed by atoms with E-state index in [0.29, 0.717) is 27.4 Å². The lowest BCUT2D eigenvalue weighted by Gasteiger charge is -2.11. The van der Waals surface area contributed by atoms with Gasteiger partial charge in [0.25, 0.3) is 0 Å². The number of allylic oxidation sites excluding steroid dienone is 1. The summed E-state index contributed by atoms with van der Waals surface area (Å²) < 4.78 is 11.3. The van der Waals surface area contributed by atoms with E-state index in [2.05, 4.69) is 32.0 Å². The number of benzene rings is 2. The van der Waals surface area contributed by atoms with E-state index in [-0.39, 0.29) is 19.0 Å². The summed E-state index contributed by atoms with van der Waals surface area (Å²) in [7, 11) is 1.51. The van der Waals surface area contributed by atoms with Crippen molar-refractivity contribution in [1.29, 1.82) is 10.5 Å². The molecule has 0 spiro atoms. The number of nitrogens with zero attached hydrogens (tertiary/aromatic N) is 3. The second-order valence-corrected chi connectivity index (χ2v) is 6.11. The van der Waals surface area contributed by atoms with Gasteiger partial charge in [-0.05, 0) is 51.8 Å². The van der Waals surface area contributed by atoms with Gasteiger partial charge in [-0.1, -0.05) is 12.1 Å². The third kappa shape index (κ3) is 4.40. The number of hydrogen-bond donors (Lipinski definition) is 1. The van der Waals surface area contributed by atoms with Gasteiger partial charge in [0.2, 0.25) is 0 Å². The van der Waals surface area contributed by atoms with Crippen LogP contribution in [-0.2, 0) is 0 Å². The third-order valence-electron chi connectivity index (χ3n) is 3.61. The molecule has 0 aliphatic heterocycles. The summed E-state index contributed by atoms with van der Waals surface area (Å²) in [6.45, 7) is -0.0907. The molecule has 0 amide bonds. The first-order chi connectivity index (χ1) is 12.7. The molecular weight excluding hydrogens is 432 g/mol. The molecule has 3 aromatic rings. The lowest BCUT2D eigenvalue weighted by Crippen LogP contribution is -1.98. The number of nitrogens with one attached hydrogen (secondary N) is 1. The van der Waals surface area contributed by atoms with E-state index in [4.69, 9.17) is 14.7 Å². The number of ether oxygens (including phenoxy) is 2. The number of halogens is 2. The van der Waals surface area contributed by atoms with Crippen molar-refractivity contribution < 1.29 is 9.47 Å². The SMILES string of the molecule is COc1cc(/C=C(/C#N)c2nc3ccccc3[nH]2)cc(Br)c1OCC#N.Cl. The summed E-state index contributed by atoms with van der Waals surface area (Å²) in [5.41, 5.74) is 2.78. The van der Waals surface area contributed by atoms with E-state index in [1.54, 1.807) is 18.2 Å². The highest BCUT2D eigenvalue weighted by Crippen LogP contribution is 2.37. The summed E-state index contributed by atoms with van der Waals surface area (Å²) in [6.07, 6.45) is 1.71. The van der Waals surface area contributed by atoms with Crippen LogP contribution in [-0.4, -0.2) is 23.7 Å². The van der Waals surface area contributed by atoms with Gasteiger partial charge in [0.05, 0.1) is 28.2 Å². The molecule has 0 saturated carbocycles. The zero-order valence-corrected chi connectivity index (χ0v) is 16.6. The summed E-state index contributed by atoms with van der Waals surface area (Å²) in [4.78, 5) is 7.60. The average Bonchev–Trinajstić information content (AvgIpc) is 3.08. The van der Waals surface area contributed by atoms with Crippen LogP contribution in [0.15, 0.2) is 40.9 Å². The van der Waals surface area contributed by atoms with Crippen LogP contribution in [0.2, 0.25) is 0 Å². The van der Waals surface area contributed by atoms with Crippen LogP contribution >= 0.6 is 28.3 Å². The predicted molar refractivity (Wildman–Crippen MR) is 109 cm³/mol. The topological polar surface area (TPSA) is 94.7 Å². The zero-order chi connectivity index (χ0) is 18.5. The van der Waals surface area contributed by atoms with Crippen LogP contribution in [0.25, 0.3) is 22.7 Å². The Kier molecular flexibility index (Phi) is 6.84. The van der Waals surface area contributed by atoms with Crippen LogP contribution in [0.1, 0.15) is 11.4 Å². The lowest BCUT2D eigenvalue weighted by atomic mass is 10.1. The van der Waals surface area contributed by atoms with Crippen molar-refractivity contribution in [3.05, 3.63) is 52.3 Å². The molecule has 27 heavy (non-hydrogen) atoms. The van der Waals surface area contributed by atoms with E-state index >= 15 is 0 Å². The van der Waals surface area contributed by atoms with E-state index in [9.17, 15) is 5.26 Å². The normalized spacial score (nSPS) is 10.6. The number of aromatic amines is 1. The summed E-state index contributed by atoms with van der Waals surface area (Å²) in [6, 6.07) is 15.2. The maximum Gasteiger partial charge on any atom is 0.176 e. The lowest BCUT2D eigenvalue weighted by molar-refractivity contribution is 0.327. The molecule has 3 rings (SSSR count). The molecule has 6 nitrogen and oxygen atoms in total. The van der Waals surface area contributed by atoms with Crippen LogP contribution in [0.5, 0.6) is 11.5 Å². The number of imidazole rings is 1. The van der Waals surface area contributed by atoms with Crippen molar-refractivity contribution in [1.82, 2.24) is 9.97 Å². The van der Waals surface area contributed by atoms with Gasteiger partial charge in [-0.2, -0.15) is 10.5 Å². The Morgan fingerprint density at radius 3 is 2.74 bits per heavy atom. The number of aromatic nitrogens is 2. The molecule has 0 atom stereocenters. The predicted octanol–water partition coefficient (Wildman–Crippen LogP) is 4.72. The number of nitriles is 2. The number of methoxy groups -OCH3 is 1. The van der Waals surface area contributed by atoms with Gasteiger partial charge in [0.15, 0.2) is 18.1 Å². The maximum absolute atomic E-state index is 9.55. The Bertz CT molecular complexity index is 1050. The standard InChI is InChI=1S/C19H13BrN4O2.ClH/c1-25-17-10-12(9-14(20)18(17)26-7-6-21)8-13(11-22)19-23-15-4-2-3-5-16(15)24-19;/h2-5,8-10H,7H2,1H3,(H,23,24);1H/b13-8-;. The number of rotatable bonds is 5. The van der Waals surface area contributed by atoms with Crippen molar-refractivity contribution in [2.75, 3.05) is 13.7 Å². The fourth-order valence-corrected chi connectivity index (χ4v) is 3.04. The molecule has 0 aliphatic rings. The minimum absolute atomic E-state index is 0. The molecular formula is C19H14BrClN4O2. The first-order valence-electron chi connectivity index (χ1n) is 7.60. The van der Waals surface area contributed by atoms with Crippen LogP contribution < -0.4 is 9.47 Å². The van der Waals surface area contributed by atoms with Gasteiger partial charge in [0.1, 0.15) is 18.0 Å². The van der Waals surface area contributed by atoms with Crippen molar-refractivity contribution in [3.8, 4) is 23.6 Å². The Morgan fingerprint density at radius 1 is 1.30 bits per heavy atom.